The van der Waals surface area contributed by atoms with Crippen molar-refractivity contribution in [2.45, 2.75) is 94.2 Å². The molecule has 20 heteroatoms. The normalized spacial score (nSPS) is 17.0. The average Bonchev–Trinajstić information content (AvgIpc) is 3.99. The van der Waals surface area contributed by atoms with Crippen molar-refractivity contribution in [3.63, 3.8) is 0 Å². The molecule has 0 fully saturated rings. The summed E-state index contributed by atoms with van der Waals surface area (Å²) in [6, 6.07) is 23.9. The van der Waals surface area contributed by atoms with Gasteiger partial charge in [-0.25, -0.2) is 4.98 Å². The standard InChI is InChI=1S/C53H57N9O9S2/c1-6-61-42-25-23-38(72(65,66)67)28-40(42)52(3,4)44(61)12-9-8-10-13-45-53(5,41-29-39(73(68,69)70)24-26-43(41)62(45)7-2)27-11-14-46(63)55-30-35-19-21-37(22-20-35)49(64)56-31-34-15-17-36(18-16-34)32-71-50-47-48(58-33-57-47)59-51(54)60-50/h8-10,12-13,15-26,28-29,33H,6-7,11,14,27,30-32H2,1-5H3,(H6-,54,55,56,57,58,59,60,63,64,65,66,67,68,69,70)/p+1. The molecule has 0 aliphatic carbocycles. The van der Waals surface area contributed by atoms with Crippen molar-refractivity contribution >= 4 is 66.2 Å². The fraction of sp³-hybridized carbons (Fsp3) is 0.283. The number of aromatic amines is 1. The number of carbonyl (C=O) groups excluding carboxylic acids is 2. The summed E-state index contributed by atoms with van der Waals surface area (Å²) in [5.74, 6) is -0.0517. The minimum absolute atomic E-state index is 0.0624. The van der Waals surface area contributed by atoms with E-state index in [9.17, 15) is 35.5 Å². The number of anilines is 2. The van der Waals surface area contributed by atoms with Gasteiger partial charge in [0.15, 0.2) is 11.4 Å². The number of fused-ring (bicyclic) bond motifs is 3. The third kappa shape index (κ3) is 11.1. The number of likely N-dealkylation sites (N-methyl/N-ethyl adjacent to an activating group) is 1. The third-order valence-electron chi connectivity index (χ3n) is 13.4. The summed E-state index contributed by atoms with van der Waals surface area (Å²) in [5.41, 5.74) is 13.5. The Morgan fingerprint density at radius 1 is 0.822 bits per heavy atom. The summed E-state index contributed by atoms with van der Waals surface area (Å²) in [7, 11) is -8.89. The molecule has 0 spiro atoms. The Morgan fingerprint density at radius 2 is 1.47 bits per heavy atom. The van der Waals surface area contributed by atoms with Gasteiger partial charge in [0.2, 0.25) is 23.4 Å². The van der Waals surface area contributed by atoms with Crippen LogP contribution in [-0.2, 0) is 55.6 Å². The van der Waals surface area contributed by atoms with Crippen LogP contribution in [0.25, 0.3) is 11.2 Å². The van der Waals surface area contributed by atoms with Crippen LogP contribution in [0, 0.1) is 0 Å². The summed E-state index contributed by atoms with van der Waals surface area (Å²) in [5, 5.41) is 5.92. The number of nitrogen functional groups attached to an aromatic ring is 1. The zero-order valence-corrected chi connectivity index (χ0v) is 42.7. The van der Waals surface area contributed by atoms with Crippen molar-refractivity contribution in [1.29, 1.82) is 0 Å². The number of allylic oxidation sites excluding steroid dienone is 6. The second kappa shape index (κ2) is 20.9. The van der Waals surface area contributed by atoms with E-state index in [2.05, 4.69) is 40.0 Å². The molecular formula is C53H58N9O9S2+. The number of amides is 2. The molecule has 8 rings (SSSR count). The van der Waals surface area contributed by atoms with Crippen LogP contribution in [0.1, 0.15) is 92.1 Å². The number of nitrogens with zero attached hydrogens (tertiary/aromatic N) is 5. The number of H-pyrrole nitrogens is 1. The Balaban J connectivity index is 0.869. The summed E-state index contributed by atoms with van der Waals surface area (Å²) in [6.45, 7) is 12.0. The lowest BCUT2D eigenvalue weighted by Crippen LogP contribution is -2.29. The zero-order chi connectivity index (χ0) is 52.3. The number of rotatable bonds is 19. The van der Waals surface area contributed by atoms with Crippen molar-refractivity contribution < 1.29 is 44.8 Å². The first-order chi connectivity index (χ1) is 34.7. The summed E-state index contributed by atoms with van der Waals surface area (Å²) in [4.78, 5) is 43.3. The quantitative estimate of drug-likeness (QED) is 0.0259. The highest BCUT2D eigenvalue weighted by atomic mass is 32.2. The molecule has 7 N–H and O–H groups in total. The number of imidazole rings is 1. The van der Waals surface area contributed by atoms with E-state index in [0.717, 1.165) is 50.6 Å². The topological polar surface area (TPSA) is 263 Å². The molecule has 0 bridgehead atoms. The fourth-order valence-corrected chi connectivity index (χ4v) is 10.6. The molecule has 0 saturated carbocycles. The summed E-state index contributed by atoms with van der Waals surface area (Å²) < 4.78 is 76.4. The van der Waals surface area contributed by atoms with Crippen LogP contribution in [0.5, 0.6) is 5.88 Å². The molecule has 380 valence electrons. The minimum Gasteiger partial charge on any atom is -0.471 e. The van der Waals surface area contributed by atoms with Gasteiger partial charge in [0.25, 0.3) is 26.1 Å². The van der Waals surface area contributed by atoms with Gasteiger partial charge in [-0.05, 0) is 118 Å². The van der Waals surface area contributed by atoms with Crippen molar-refractivity contribution in [2.24, 2.45) is 0 Å². The number of benzene rings is 4. The summed E-state index contributed by atoms with van der Waals surface area (Å²) >= 11 is 0. The second-order valence-electron chi connectivity index (χ2n) is 18.5. The Labute approximate surface area is 424 Å². The molecule has 18 nitrogen and oxygen atoms in total. The average molecular weight is 1030 g/mol. The van der Waals surface area contributed by atoms with E-state index < -0.39 is 31.1 Å². The molecule has 0 radical (unpaired) electrons. The first-order valence-electron chi connectivity index (χ1n) is 23.7. The number of carbonyl (C=O) groups is 2. The zero-order valence-electron chi connectivity index (χ0n) is 41.1. The molecule has 6 aromatic rings. The Morgan fingerprint density at radius 3 is 2.14 bits per heavy atom. The molecule has 73 heavy (non-hydrogen) atoms. The molecule has 1 atom stereocenters. The largest absolute Gasteiger partial charge is 0.471 e. The van der Waals surface area contributed by atoms with E-state index in [-0.39, 0.29) is 47.1 Å². The second-order valence-corrected chi connectivity index (χ2v) is 21.4. The molecule has 2 aromatic heterocycles. The van der Waals surface area contributed by atoms with Gasteiger partial charge >= 0.3 is 0 Å². The Bertz CT molecular complexity index is 3460. The molecular weight excluding hydrogens is 971 g/mol. The smallest absolute Gasteiger partial charge is 0.294 e. The van der Waals surface area contributed by atoms with Crippen molar-refractivity contribution in [3.8, 4) is 5.88 Å². The van der Waals surface area contributed by atoms with E-state index in [0.29, 0.717) is 55.1 Å². The predicted octanol–water partition coefficient (Wildman–Crippen LogP) is 7.61. The van der Waals surface area contributed by atoms with Crippen LogP contribution in [0.4, 0.5) is 17.3 Å². The van der Waals surface area contributed by atoms with Crippen LogP contribution in [-0.4, -0.2) is 81.1 Å². The van der Waals surface area contributed by atoms with Crippen LogP contribution in [0.2, 0.25) is 0 Å². The SMILES string of the molecule is CCN1/C(=C/C=C/C=C/C2=[N+](CC)c3ccc(S(=O)(=O)O)cc3C2(C)C)C(C)(CCCC(=O)NCc2ccc(C(=O)NCc3ccc(COc4nc(N)nc5nc[nH]c45)cc3)cc2)c2cc(S(=O)(=O)O)ccc21. The molecule has 2 aliphatic heterocycles. The van der Waals surface area contributed by atoms with Gasteiger partial charge in [-0.15, -0.1) is 0 Å². The van der Waals surface area contributed by atoms with Crippen molar-refractivity contribution in [3.05, 3.63) is 161 Å². The lowest BCUT2D eigenvalue weighted by Gasteiger charge is -2.30. The predicted molar refractivity (Wildman–Crippen MR) is 278 cm³/mol. The van der Waals surface area contributed by atoms with Crippen LogP contribution in [0.3, 0.4) is 0 Å². The lowest BCUT2D eigenvalue weighted by atomic mass is 9.77. The maximum absolute atomic E-state index is 13.3. The first kappa shape index (κ1) is 51.8. The summed E-state index contributed by atoms with van der Waals surface area (Å²) in [6.07, 6.45) is 12.3. The number of aromatic nitrogens is 4. The monoisotopic (exact) mass is 1030 g/mol. The number of ether oxygens (including phenoxy) is 1. The van der Waals surface area contributed by atoms with Gasteiger partial charge in [-0.1, -0.05) is 54.6 Å². The van der Waals surface area contributed by atoms with Crippen molar-refractivity contribution in [1.82, 2.24) is 30.6 Å². The molecule has 2 amide bonds. The van der Waals surface area contributed by atoms with E-state index in [1.54, 1.807) is 36.4 Å². The molecule has 0 saturated heterocycles. The van der Waals surface area contributed by atoms with E-state index in [4.69, 9.17) is 10.5 Å². The minimum atomic E-state index is -4.51. The van der Waals surface area contributed by atoms with Gasteiger partial charge in [-0.2, -0.15) is 31.4 Å². The highest BCUT2D eigenvalue weighted by Crippen LogP contribution is 2.51. The number of hydrogen-bond acceptors (Lipinski definition) is 12. The number of hydrogen-bond donors (Lipinski definition) is 6. The van der Waals surface area contributed by atoms with Crippen LogP contribution >= 0.6 is 0 Å². The van der Waals surface area contributed by atoms with E-state index >= 15 is 0 Å². The van der Waals surface area contributed by atoms with Crippen LogP contribution in [0.15, 0.2) is 137 Å². The van der Waals surface area contributed by atoms with Gasteiger partial charge in [-0.3, -0.25) is 18.7 Å². The van der Waals surface area contributed by atoms with Crippen molar-refractivity contribution in [2.75, 3.05) is 23.7 Å². The third-order valence-corrected chi connectivity index (χ3v) is 15.1. The van der Waals surface area contributed by atoms with E-state index in [1.807, 2.05) is 89.3 Å². The molecule has 4 heterocycles. The Hall–Kier alpha value is -7.52. The highest BCUT2D eigenvalue weighted by molar-refractivity contribution is 7.86. The van der Waals surface area contributed by atoms with Gasteiger partial charge in [0.1, 0.15) is 18.7 Å². The van der Waals surface area contributed by atoms with Gasteiger partial charge in [0, 0.05) is 66.1 Å². The van der Waals surface area contributed by atoms with E-state index in [1.165, 1.54) is 30.6 Å². The first-order valence-corrected chi connectivity index (χ1v) is 26.6. The van der Waals surface area contributed by atoms with Gasteiger partial charge in [0.05, 0.1) is 21.5 Å². The lowest BCUT2D eigenvalue weighted by molar-refractivity contribution is -0.433. The fourth-order valence-electron chi connectivity index (χ4n) is 9.59. The maximum atomic E-state index is 13.3. The number of nitrogens with one attached hydrogen (secondary N) is 3. The Kier molecular flexibility index (Phi) is 14.8. The van der Waals surface area contributed by atoms with Gasteiger partial charge < -0.3 is 31.0 Å². The molecule has 1 unspecified atom stereocenters. The number of nitrogens with two attached hydrogens (primary N) is 1. The highest BCUT2D eigenvalue weighted by Gasteiger charge is 2.45. The molecule has 2 aliphatic rings. The van der Waals surface area contributed by atoms with Crippen LogP contribution < -0.4 is 26.0 Å². The maximum Gasteiger partial charge on any atom is 0.294 e. The molecule has 4 aromatic carbocycles.